The monoisotopic (exact) mass is 270 g/mol. The lowest BCUT2D eigenvalue weighted by Crippen LogP contribution is -2.27. The summed E-state index contributed by atoms with van der Waals surface area (Å²) in [6.45, 7) is 0.0366. The Bertz CT molecular complexity index is 489. The first-order valence-electron chi connectivity index (χ1n) is 4.92. The summed E-state index contributed by atoms with van der Waals surface area (Å²) in [7, 11) is -3.26. The van der Waals surface area contributed by atoms with Gasteiger partial charge < -0.3 is 5.73 Å². The van der Waals surface area contributed by atoms with Crippen LogP contribution in [0, 0.1) is 12.3 Å². The topological polar surface area (TPSA) is 72.2 Å². The SMILES string of the molecule is C#CCNS(=O)(=O)CCSc1ccc(N)cc1. The third-order valence-electron chi connectivity index (χ3n) is 1.90. The Hall–Kier alpha value is -1.16. The highest BCUT2D eigenvalue weighted by Crippen LogP contribution is 2.19. The van der Waals surface area contributed by atoms with E-state index in [-0.39, 0.29) is 12.3 Å². The molecule has 0 aromatic heterocycles. The molecular formula is C11H14N2O2S2. The number of hydrogen-bond donors (Lipinski definition) is 2. The first-order chi connectivity index (χ1) is 8.03. The van der Waals surface area contributed by atoms with Crippen molar-refractivity contribution in [1.82, 2.24) is 4.72 Å². The van der Waals surface area contributed by atoms with E-state index in [1.54, 1.807) is 12.1 Å². The van der Waals surface area contributed by atoms with E-state index >= 15 is 0 Å². The van der Waals surface area contributed by atoms with Crippen LogP contribution in [-0.4, -0.2) is 26.5 Å². The molecule has 0 saturated carbocycles. The van der Waals surface area contributed by atoms with Crippen molar-refractivity contribution in [3.05, 3.63) is 24.3 Å². The first kappa shape index (κ1) is 13.9. The molecule has 0 aliphatic heterocycles. The van der Waals surface area contributed by atoms with E-state index in [0.29, 0.717) is 11.4 Å². The van der Waals surface area contributed by atoms with Crippen molar-refractivity contribution in [1.29, 1.82) is 0 Å². The van der Waals surface area contributed by atoms with Gasteiger partial charge in [0.1, 0.15) is 0 Å². The normalized spacial score (nSPS) is 11.0. The maximum atomic E-state index is 11.4. The number of benzene rings is 1. The number of terminal acetylenes is 1. The summed E-state index contributed by atoms with van der Waals surface area (Å²) >= 11 is 1.46. The Morgan fingerprint density at radius 2 is 2.00 bits per heavy atom. The van der Waals surface area contributed by atoms with Gasteiger partial charge in [0, 0.05) is 16.3 Å². The summed E-state index contributed by atoms with van der Waals surface area (Å²) in [6, 6.07) is 7.30. The Morgan fingerprint density at radius 1 is 1.35 bits per heavy atom. The number of nitrogens with one attached hydrogen (secondary N) is 1. The van der Waals surface area contributed by atoms with Crippen LogP contribution in [0.4, 0.5) is 5.69 Å². The van der Waals surface area contributed by atoms with Gasteiger partial charge in [-0.3, -0.25) is 0 Å². The van der Waals surface area contributed by atoms with Crippen LogP contribution in [0.3, 0.4) is 0 Å². The minimum Gasteiger partial charge on any atom is -0.399 e. The van der Waals surface area contributed by atoms with Crippen LogP contribution in [0.25, 0.3) is 0 Å². The van der Waals surface area contributed by atoms with Crippen LogP contribution in [0.2, 0.25) is 0 Å². The Balaban J connectivity index is 2.38. The molecule has 1 aromatic carbocycles. The average molecular weight is 270 g/mol. The Kier molecular flexibility index (Phi) is 5.35. The second kappa shape index (κ2) is 6.55. The number of rotatable bonds is 6. The smallest absolute Gasteiger partial charge is 0.213 e. The molecule has 92 valence electrons. The third kappa shape index (κ3) is 5.63. The molecule has 1 rings (SSSR count). The maximum Gasteiger partial charge on any atom is 0.213 e. The zero-order valence-corrected chi connectivity index (χ0v) is 10.9. The van der Waals surface area contributed by atoms with E-state index in [1.165, 1.54) is 11.8 Å². The maximum absolute atomic E-state index is 11.4. The quantitative estimate of drug-likeness (QED) is 0.458. The van der Waals surface area contributed by atoms with Gasteiger partial charge in [-0.2, -0.15) is 0 Å². The minimum atomic E-state index is -3.26. The van der Waals surface area contributed by atoms with E-state index in [0.717, 1.165) is 4.90 Å². The van der Waals surface area contributed by atoms with Crippen LogP contribution in [-0.2, 0) is 10.0 Å². The van der Waals surface area contributed by atoms with E-state index in [9.17, 15) is 8.42 Å². The van der Waals surface area contributed by atoms with Gasteiger partial charge in [0.25, 0.3) is 0 Å². The highest BCUT2D eigenvalue weighted by atomic mass is 32.2. The van der Waals surface area contributed by atoms with Crippen molar-refractivity contribution < 1.29 is 8.42 Å². The van der Waals surface area contributed by atoms with Crippen molar-refractivity contribution in [2.45, 2.75) is 4.90 Å². The number of nitrogen functional groups attached to an aromatic ring is 1. The zero-order valence-electron chi connectivity index (χ0n) is 9.22. The lowest BCUT2D eigenvalue weighted by molar-refractivity contribution is 0.587. The molecule has 0 radical (unpaired) electrons. The second-order valence-corrected chi connectivity index (χ2v) is 6.36. The highest BCUT2D eigenvalue weighted by Gasteiger charge is 2.08. The van der Waals surface area contributed by atoms with Gasteiger partial charge in [-0.15, -0.1) is 18.2 Å². The predicted octanol–water partition coefficient (Wildman–Crippen LogP) is 0.914. The summed E-state index contributed by atoms with van der Waals surface area (Å²) in [5.74, 6) is 2.75. The molecule has 0 spiro atoms. The fraction of sp³-hybridized carbons (Fsp3) is 0.273. The fourth-order valence-corrected chi connectivity index (χ4v) is 3.28. The second-order valence-electron chi connectivity index (χ2n) is 3.26. The molecule has 3 N–H and O–H groups in total. The van der Waals surface area contributed by atoms with Gasteiger partial charge in [-0.05, 0) is 24.3 Å². The largest absolute Gasteiger partial charge is 0.399 e. The summed E-state index contributed by atoms with van der Waals surface area (Å²) in [5.41, 5.74) is 6.24. The summed E-state index contributed by atoms with van der Waals surface area (Å²) in [5, 5.41) is 0. The molecule has 0 aliphatic carbocycles. The van der Waals surface area contributed by atoms with E-state index < -0.39 is 10.0 Å². The minimum absolute atomic E-state index is 0.0366. The molecule has 0 bridgehead atoms. The number of thioether (sulfide) groups is 1. The summed E-state index contributed by atoms with van der Waals surface area (Å²) < 4.78 is 25.1. The molecule has 0 atom stereocenters. The molecule has 6 heteroatoms. The lowest BCUT2D eigenvalue weighted by Gasteiger charge is -2.04. The van der Waals surface area contributed by atoms with Crippen molar-refractivity contribution >= 4 is 27.5 Å². The molecule has 0 unspecified atom stereocenters. The van der Waals surface area contributed by atoms with Crippen LogP contribution >= 0.6 is 11.8 Å². The van der Waals surface area contributed by atoms with Gasteiger partial charge in [-0.25, -0.2) is 13.1 Å². The zero-order chi connectivity index (χ0) is 12.7. The molecule has 0 aliphatic rings. The van der Waals surface area contributed by atoms with Crippen molar-refractivity contribution in [2.75, 3.05) is 23.8 Å². The fourth-order valence-electron chi connectivity index (χ4n) is 1.06. The molecular weight excluding hydrogens is 256 g/mol. The van der Waals surface area contributed by atoms with Gasteiger partial charge in [-0.1, -0.05) is 5.92 Å². The van der Waals surface area contributed by atoms with Gasteiger partial charge in [0.2, 0.25) is 10.0 Å². The van der Waals surface area contributed by atoms with Crippen molar-refractivity contribution in [3.8, 4) is 12.3 Å². The van der Waals surface area contributed by atoms with Crippen LogP contribution in [0.1, 0.15) is 0 Å². The molecule has 1 aromatic rings. The lowest BCUT2D eigenvalue weighted by atomic mass is 10.3. The van der Waals surface area contributed by atoms with Gasteiger partial charge in [0.05, 0.1) is 12.3 Å². The van der Waals surface area contributed by atoms with Crippen LogP contribution in [0.5, 0.6) is 0 Å². The van der Waals surface area contributed by atoms with E-state index in [1.807, 2.05) is 12.1 Å². The first-order valence-corrected chi connectivity index (χ1v) is 7.56. The van der Waals surface area contributed by atoms with Gasteiger partial charge >= 0.3 is 0 Å². The molecule has 0 amide bonds. The molecule has 0 fully saturated rings. The Morgan fingerprint density at radius 3 is 2.59 bits per heavy atom. The third-order valence-corrected chi connectivity index (χ3v) is 4.49. The summed E-state index contributed by atoms with van der Waals surface area (Å²) in [4.78, 5) is 0.992. The predicted molar refractivity (Wildman–Crippen MR) is 72.2 cm³/mol. The van der Waals surface area contributed by atoms with E-state index in [4.69, 9.17) is 12.2 Å². The van der Waals surface area contributed by atoms with Crippen molar-refractivity contribution in [3.63, 3.8) is 0 Å². The number of sulfonamides is 1. The standard InChI is InChI=1S/C11H14N2O2S2/c1-2-7-13-17(14,15)9-8-16-11-5-3-10(12)4-6-11/h1,3-6,13H,7-9,12H2. The van der Waals surface area contributed by atoms with Gasteiger partial charge in [0.15, 0.2) is 0 Å². The number of nitrogens with two attached hydrogens (primary N) is 1. The van der Waals surface area contributed by atoms with E-state index in [2.05, 4.69) is 10.6 Å². The molecule has 17 heavy (non-hydrogen) atoms. The number of hydrogen-bond acceptors (Lipinski definition) is 4. The summed E-state index contributed by atoms with van der Waals surface area (Å²) in [6.07, 6.45) is 4.98. The highest BCUT2D eigenvalue weighted by molar-refractivity contribution is 8.00. The average Bonchev–Trinajstić information content (AvgIpc) is 2.29. The molecule has 0 saturated heterocycles. The van der Waals surface area contributed by atoms with Crippen molar-refractivity contribution in [2.24, 2.45) is 0 Å². The molecule has 0 heterocycles. The number of anilines is 1. The van der Waals surface area contributed by atoms with Crippen LogP contribution < -0.4 is 10.5 Å². The molecule has 4 nitrogen and oxygen atoms in total. The Labute approximate surface area is 106 Å². The van der Waals surface area contributed by atoms with Crippen LogP contribution in [0.15, 0.2) is 29.2 Å².